The summed E-state index contributed by atoms with van der Waals surface area (Å²) in [6.07, 6.45) is 3.07. The van der Waals surface area contributed by atoms with E-state index in [0.29, 0.717) is 17.1 Å². The van der Waals surface area contributed by atoms with Gasteiger partial charge in [0.1, 0.15) is 71.0 Å². The van der Waals surface area contributed by atoms with Crippen LogP contribution in [0, 0.1) is 0 Å². The summed E-state index contributed by atoms with van der Waals surface area (Å²) in [5, 5.41) is 25.7. The molecule has 30 heteroatoms. The van der Waals surface area contributed by atoms with Crippen molar-refractivity contribution in [2.75, 3.05) is 79.4 Å². The largest absolute Gasteiger partial charge is 0.491 e. The molecule has 0 heterocycles. The monoisotopic (exact) mass is 1440 g/mol. The number of carbonyl (C=O) groups is 3. The summed E-state index contributed by atoms with van der Waals surface area (Å²) in [5.41, 5.74) is 1.27. The number of sulfonamides is 3. The molecule has 7 aromatic rings. The van der Waals surface area contributed by atoms with Gasteiger partial charge in [-0.1, -0.05) is 47.8 Å². The third-order valence-electron chi connectivity index (χ3n) is 12.0. The van der Waals surface area contributed by atoms with Gasteiger partial charge in [0.25, 0.3) is 0 Å². The van der Waals surface area contributed by atoms with Crippen molar-refractivity contribution in [3.05, 3.63) is 176 Å². The van der Waals surface area contributed by atoms with Crippen LogP contribution in [-0.4, -0.2) is 135 Å². The van der Waals surface area contributed by atoms with E-state index in [9.17, 15) is 39.6 Å². The molecule has 0 aliphatic rings. The fourth-order valence-corrected chi connectivity index (χ4v) is 9.04. The maximum absolute atomic E-state index is 14.6. The van der Waals surface area contributed by atoms with Crippen molar-refractivity contribution in [2.45, 2.75) is 0 Å². The first-order chi connectivity index (χ1) is 41.2. The van der Waals surface area contributed by atoms with E-state index in [1.165, 1.54) is 75.7 Å². The minimum atomic E-state index is -3.61. The van der Waals surface area contributed by atoms with Crippen molar-refractivity contribution in [1.29, 1.82) is 0 Å². The quantitative estimate of drug-likeness (QED) is 0.0263. The zero-order chi connectivity index (χ0) is 63.1. The van der Waals surface area contributed by atoms with Crippen molar-refractivity contribution in [3.8, 4) is 34.5 Å². The zero-order valence-corrected chi connectivity index (χ0v) is 54.3. The van der Waals surface area contributed by atoms with Gasteiger partial charge in [-0.3, -0.25) is 0 Å². The van der Waals surface area contributed by atoms with Crippen LogP contribution in [0.1, 0.15) is 31.1 Å². The van der Waals surface area contributed by atoms with Crippen molar-refractivity contribution in [1.82, 2.24) is 12.9 Å². The number of rotatable bonds is 27. The lowest BCUT2D eigenvalue weighted by atomic mass is 10.1. The second-order valence-electron chi connectivity index (χ2n) is 18.7. The lowest BCUT2D eigenvalue weighted by Gasteiger charge is -2.17. The highest BCUT2D eigenvalue weighted by Crippen LogP contribution is 2.36. The number of hydrogen-bond acceptors (Lipinski definition) is 21. The molecule has 0 saturated carbocycles. The highest BCUT2D eigenvalue weighted by molar-refractivity contribution is 9.11. The Balaban J connectivity index is 1.29. The Hall–Kier alpha value is -7.68. The van der Waals surface area contributed by atoms with E-state index in [-0.39, 0.29) is 108 Å². The summed E-state index contributed by atoms with van der Waals surface area (Å²) < 4.78 is 115. The van der Waals surface area contributed by atoms with Gasteiger partial charge in [-0.25, -0.2) is 52.6 Å². The van der Waals surface area contributed by atoms with Crippen molar-refractivity contribution in [3.63, 3.8) is 0 Å². The second-order valence-corrected chi connectivity index (χ2v) is 27.7. The standard InChI is InChI=1S/C57H54Br3N9O15S3/c1-67(85(4,73)74)25-28-79-52-22-19-43(64-61-40-13-7-37(58)8-14-40)31-49(52)55(70)82-46-34-47(83-56(71)50-32-44(65-62-41-15-9-38(59)10-16-41)20-23-53(50)80-29-26-68(2)86(5,75)76)36-48(35-46)84-57(72)51-33-45(66-63-42-17-11-39(60)12-18-42)21-24-54(51)81-30-27-69(3)87(6,77)78/h7-24,31-36H,25-30H2,1-6H3. The molecule has 0 aliphatic heterocycles. The number of hydrogen-bond donors (Lipinski definition) is 0. The number of azo groups is 3. The van der Waals surface area contributed by atoms with Crippen LogP contribution in [0.5, 0.6) is 34.5 Å². The van der Waals surface area contributed by atoms with Crippen molar-refractivity contribution >= 4 is 130 Å². The van der Waals surface area contributed by atoms with E-state index < -0.39 is 48.0 Å². The highest BCUT2D eigenvalue weighted by Gasteiger charge is 2.24. The summed E-state index contributed by atoms with van der Waals surface area (Å²) in [5.74, 6) is -4.52. The van der Waals surface area contributed by atoms with Crippen LogP contribution in [0.25, 0.3) is 0 Å². The molecule has 7 aromatic carbocycles. The molecular formula is C57H54Br3N9O15S3. The lowest BCUT2D eigenvalue weighted by molar-refractivity contribution is 0.0726. The number of carbonyl (C=O) groups excluding carboxylic acids is 3. The predicted molar refractivity (Wildman–Crippen MR) is 335 cm³/mol. The lowest BCUT2D eigenvalue weighted by Crippen LogP contribution is -2.30. The molecule has 0 atom stereocenters. The maximum atomic E-state index is 14.6. The summed E-state index contributed by atoms with van der Waals surface area (Å²) in [4.78, 5) is 43.7. The molecule has 0 saturated heterocycles. The van der Waals surface area contributed by atoms with Crippen molar-refractivity contribution < 1.29 is 68.1 Å². The van der Waals surface area contributed by atoms with Gasteiger partial charge in [0, 0.05) is 72.4 Å². The molecular weight excluding hydrogens is 1390 g/mol. The van der Waals surface area contributed by atoms with Crippen LogP contribution < -0.4 is 28.4 Å². The molecule has 0 spiro atoms. The molecule has 0 aliphatic carbocycles. The van der Waals surface area contributed by atoms with E-state index in [1.54, 1.807) is 72.8 Å². The van der Waals surface area contributed by atoms with Gasteiger partial charge in [0.15, 0.2) is 0 Å². The first-order valence-electron chi connectivity index (χ1n) is 25.5. The summed E-state index contributed by atoms with van der Waals surface area (Å²) >= 11 is 10.2. The number of esters is 3. The van der Waals surface area contributed by atoms with Crippen LogP contribution >= 0.6 is 47.8 Å². The van der Waals surface area contributed by atoms with Gasteiger partial charge in [-0.05, 0) is 127 Å². The molecule has 24 nitrogen and oxygen atoms in total. The van der Waals surface area contributed by atoms with Crippen LogP contribution in [0.15, 0.2) is 190 Å². The molecule has 7 rings (SSSR count). The molecule has 0 unspecified atom stereocenters. The average Bonchev–Trinajstić information content (AvgIpc) is 2.03. The zero-order valence-electron chi connectivity index (χ0n) is 47.1. The topological polar surface area (TPSA) is 293 Å². The van der Waals surface area contributed by atoms with Crippen LogP contribution in [-0.2, 0) is 30.1 Å². The Morgan fingerprint density at radius 1 is 0.356 bits per heavy atom. The molecule has 87 heavy (non-hydrogen) atoms. The smallest absolute Gasteiger partial charge is 0.347 e. The average molecular weight is 1440 g/mol. The number of halogens is 3. The van der Waals surface area contributed by atoms with Gasteiger partial charge in [-0.2, -0.15) is 30.7 Å². The van der Waals surface area contributed by atoms with E-state index in [0.717, 1.165) is 63.3 Å². The molecule has 0 radical (unpaired) electrons. The van der Waals surface area contributed by atoms with Gasteiger partial charge in [0.2, 0.25) is 30.1 Å². The summed E-state index contributed by atoms with van der Waals surface area (Å²) in [6, 6.07) is 36.9. The van der Waals surface area contributed by atoms with E-state index >= 15 is 0 Å². The third kappa shape index (κ3) is 20.7. The fourth-order valence-electron chi connectivity index (χ4n) is 7.02. The Bertz CT molecular complexity index is 3660. The van der Waals surface area contributed by atoms with E-state index in [2.05, 4.69) is 78.5 Å². The SMILES string of the molecule is CN(CCOc1ccc(N=Nc2ccc(Br)cc2)cc1C(=O)Oc1cc(OC(=O)c2cc(N=Nc3ccc(Br)cc3)ccc2OCCN(C)S(C)(=O)=O)cc(OC(=O)c2cc(N=Nc3ccc(Br)cc3)ccc2OCCN(C)S(C)(=O)=O)c1)S(C)(=O)=O. The molecule has 456 valence electrons. The maximum Gasteiger partial charge on any atom is 0.347 e. The number of nitrogens with zero attached hydrogens (tertiary/aromatic N) is 9. The molecule has 0 bridgehead atoms. The second kappa shape index (κ2) is 30.3. The minimum Gasteiger partial charge on any atom is -0.491 e. The Labute approximate surface area is 527 Å². The Morgan fingerprint density at radius 3 is 0.805 bits per heavy atom. The van der Waals surface area contributed by atoms with Crippen LogP contribution in [0.3, 0.4) is 0 Å². The van der Waals surface area contributed by atoms with E-state index in [1.807, 2.05) is 0 Å². The summed E-state index contributed by atoms with van der Waals surface area (Å²) in [6.45, 7) is -0.963. The van der Waals surface area contributed by atoms with Crippen molar-refractivity contribution in [2.24, 2.45) is 30.7 Å². The first-order valence-corrected chi connectivity index (χ1v) is 33.5. The number of benzene rings is 7. The number of likely N-dealkylation sites (N-methyl/N-ethyl adjacent to an activating group) is 3. The molecule has 0 aromatic heterocycles. The van der Waals surface area contributed by atoms with Gasteiger partial charge in [0.05, 0.1) is 52.9 Å². The van der Waals surface area contributed by atoms with Gasteiger partial charge >= 0.3 is 17.9 Å². The van der Waals surface area contributed by atoms with Crippen LogP contribution in [0.4, 0.5) is 34.1 Å². The third-order valence-corrected chi connectivity index (χ3v) is 17.6. The van der Waals surface area contributed by atoms with Crippen LogP contribution in [0.2, 0.25) is 0 Å². The highest BCUT2D eigenvalue weighted by atomic mass is 79.9. The fraction of sp³-hybridized carbons (Fsp3) is 0.211. The van der Waals surface area contributed by atoms with Gasteiger partial charge < -0.3 is 28.4 Å². The normalized spacial score (nSPS) is 12.1. The Kier molecular flexibility index (Phi) is 23.3. The van der Waals surface area contributed by atoms with Gasteiger partial charge in [-0.15, -0.1) is 0 Å². The Morgan fingerprint density at radius 2 is 0.575 bits per heavy atom. The predicted octanol–water partition coefficient (Wildman–Crippen LogP) is 12.7. The molecule has 0 amide bonds. The minimum absolute atomic E-state index is 0.0569. The number of ether oxygens (including phenoxy) is 6. The molecule has 0 N–H and O–H groups in total. The molecule has 0 fully saturated rings. The first kappa shape index (κ1) is 66.8. The van der Waals surface area contributed by atoms with E-state index in [4.69, 9.17) is 28.4 Å². The summed E-state index contributed by atoms with van der Waals surface area (Å²) in [7, 11) is -6.77.